The van der Waals surface area contributed by atoms with Crippen molar-refractivity contribution < 1.29 is 4.74 Å². The van der Waals surface area contributed by atoms with Crippen LogP contribution < -0.4 is 0 Å². The SMILES string of the molecule is CC/C=C\CCOC. The molecule has 1 heteroatoms. The van der Waals surface area contributed by atoms with Gasteiger partial charge < -0.3 is 4.74 Å². The summed E-state index contributed by atoms with van der Waals surface area (Å²) in [6.07, 6.45) is 6.47. The summed E-state index contributed by atoms with van der Waals surface area (Å²) < 4.78 is 4.84. The molecule has 0 atom stereocenters. The van der Waals surface area contributed by atoms with Gasteiger partial charge in [-0.25, -0.2) is 0 Å². The lowest BCUT2D eigenvalue weighted by Crippen LogP contribution is -1.82. The van der Waals surface area contributed by atoms with E-state index in [0.717, 1.165) is 19.4 Å². The standard InChI is InChI=1S/C7H14O/c1-3-4-5-6-7-8-2/h4-5H,3,6-7H2,1-2H3/b5-4-. The number of hydrogen-bond donors (Lipinski definition) is 0. The topological polar surface area (TPSA) is 9.23 Å². The molecule has 0 aromatic heterocycles. The van der Waals surface area contributed by atoms with E-state index in [0.29, 0.717) is 0 Å². The normalized spacial score (nSPS) is 10.8. The van der Waals surface area contributed by atoms with E-state index in [4.69, 9.17) is 4.74 Å². The van der Waals surface area contributed by atoms with Crippen molar-refractivity contribution in [1.29, 1.82) is 0 Å². The molecule has 0 aliphatic carbocycles. The highest BCUT2D eigenvalue weighted by Crippen LogP contribution is 1.85. The monoisotopic (exact) mass is 114 g/mol. The molecule has 48 valence electrons. The van der Waals surface area contributed by atoms with Crippen LogP contribution in [0.25, 0.3) is 0 Å². The highest BCUT2D eigenvalue weighted by Gasteiger charge is 1.73. The number of ether oxygens (including phenoxy) is 1. The zero-order valence-corrected chi connectivity index (χ0v) is 5.68. The van der Waals surface area contributed by atoms with Crippen molar-refractivity contribution in [2.45, 2.75) is 19.8 Å². The minimum atomic E-state index is 0.844. The smallest absolute Gasteiger partial charge is 0.0496 e. The molecule has 0 saturated carbocycles. The van der Waals surface area contributed by atoms with Gasteiger partial charge in [-0.05, 0) is 12.8 Å². The molecule has 0 N–H and O–H groups in total. The van der Waals surface area contributed by atoms with Crippen LogP contribution in [0.3, 0.4) is 0 Å². The molecule has 0 fully saturated rings. The van der Waals surface area contributed by atoms with Gasteiger partial charge >= 0.3 is 0 Å². The van der Waals surface area contributed by atoms with E-state index in [1.807, 2.05) is 0 Å². The maximum atomic E-state index is 4.84. The van der Waals surface area contributed by atoms with Crippen molar-refractivity contribution in [3.63, 3.8) is 0 Å². The number of allylic oxidation sites excluding steroid dienone is 1. The average molecular weight is 114 g/mol. The van der Waals surface area contributed by atoms with Gasteiger partial charge in [-0.1, -0.05) is 19.1 Å². The minimum absolute atomic E-state index is 0.844. The Hall–Kier alpha value is -0.300. The second kappa shape index (κ2) is 6.70. The van der Waals surface area contributed by atoms with Crippen LogP contribution in [0.15, 0.2) is 12.2 Å². The van der Waals surface area contributed by atoms with Gasteiger partial charge in [0.1, 0.15) is 0 Å². The molecule has 1 nitrogen and oxygen atoms in total. The van der Waals surface area contributed by atoms with Crippen LogP contribution in [0.4, 0.5) is 0 Å². The number of hydrogen-bond acceptors (Lipinski definition) is 1. The summed E-state index contributed by atoms with van der Waals surface area (Å²) in [6.45, 7) is 2.97. The quantitative estimate of drug-likeness (QED) is 0.401. The molecule has 0 radical (unpaired) electrons. The first-order chi connectivity index (χ1) is 3.91. The zero-order chi connectivity index (χ0) is 6.24. The van der Waals surface area contributed by atoms with Crippen LogP contribution in [0.1, 0.15) is 19.8 Å². The predicted octanol–water partition coefficient (Wildman–Crippen LogP) is 1.99. The van der Waals surface area contributed by atoms with E-state index in [9.17, 15) is 0 Å². The Morgan fingerprint density at radius 3 is 2.62 bits per heavy atom. The Morgan fingerprint density at radius 2 is 2.12 bits per heavy atom. The predicted molar refractivity (Wildman–Crippen MR) is 35.9 cm³/mol. The summed E-state index contributed by atoms with van der Waals surface area (Å²) >= 11 is 0. The molecule has 0 saturated heterocycles. The van der Waals surface area contributed by atoms with Gasteiger partial charge in [-0.2, -0.15) is 0 Å². The van der Waals surface area contributed by atoms with Crippen molar-refractivity contribution in [2.24, 2.45) is 0 Å². The second-order valence-electron chi connectivity index (χ2n) is 1.66. The van der Waals surface area contributed by atoms with Gasteiger partial charge in [0.15, 0.2) is 0 Å². The summed E-state index contributed by atoms with van der Waals surface area (Å²) in [5.74, 6) is 0. The highest BCUT2D eigenvalue weighted by atomic mass is 16.5. The molecule has 0 aliphatic heterocycles. The molecule has 0 rings (SSSR count). The van der Waals surface area contributed by atoms with Gasteiger partial charge in [-0.15, -0.1) is 0 Å². The zero-order valence-electron chi connectivity index (χ0n) is 5.68. The van der Waals surface area contributed by atoms with Gasteiger partial charge in [-0.3, -0.25) is 0 Å². The lowest BCUT2D eigenvalue weighted by Gasteiger charge is -1.88. The highest BCUT2D eigenvalue weighted by molar-refractivity contribution is 4.79. The molecule has 0 aromatic carbocycles. The van der Waals surface area contributed by atoms with Crippen molar-refractivity contribution in [1.82, 2.24) is 0 Å². The van der Waals surface area contributed by atoms with Crippen LogP contribution in [-0.2, 0) is 4.74 Å². The second-order valence-corrected chi connectivity index (χ2v) is 1.66. The first-order valence-electron chi connectivity index (χ1n) is 3.05. The molecule has 0 unspecified atom stereocenters. The van der Waals surface area contributed by atoms with E-state index < -0.39 is 0 Å². The largest absolute Gasteiger partial charge is 0.384 e. The van der Waals surface area contributed by atoms with Crippen LogP contribution >= 0.6 is 0 Å². The van der Waals surface area contributed by atoms with Crippen LogP contribution in [-0.4, -0.2) is 13.7 Å². The van der Waals surface area contributed by atoms with Crippen LogP contribution in [0, 0.1) is 0 Å². The van der Waals surface area contributed by atoms with E-state index in [2.05, 4.69) is 19.1 Å². The van der Waals surface area contributed by atoms with Gasteiger partial charge in [0.25, 0.3) is 0 Å². The molecular formula is C7H14O. The van der Waals surface area contributed by atoms with Crippen molar-refractivity contribution in [2.75, 3.05) is 13.7 Å². The minimum Gasteiger partial charge on any atom is -0.384 e. The summed E-state index contributed by atoms with van der Waals surface area (Å²) in [5, 5.41) is 0. The molecule has 0 aliphatic rings. The Kier molecular flexibility index (Phi) is 6.45. The first kappa shape index (κ1) is 7.70. The Balaban J connectivity index is 2.80. The number of methoxy groups -OCH3 is 1. The fraction of sp³-hybridized carbons (Fsp3) is 0.714. The van der Waals surface area contributed by atoms with Gasteiger partial charge in [0.2, 0.25) is 0 Å². The average Bonchev–Trinajstić information content (AvgIpc) is 1.81. The van der Waals surface area contributed by atoms with E-state index in [1.54, 1.807) is 7.11 Å². The summed E-state index contributed by atoms with van der Waals surface area (Å²) in [5.41, 5.74) is 0. The Labute approximate surface area is 51.4 Å². The van der Waals surface area contributed by atoms with E-state index in [-0.39, 0.29) is 0 Å². The molecule has 0 amide bonds. The molecule has 0 bridgehead atoms. The lowest BCUT2D eigenvalue weighted by molar-refractivity contribution is 0.204. The maximum Gasteiger partial charge on any atom is 0.0496 e. The van der Waals surface area contributed by atoms with Crippen LogP contribution in [0.2, 0.25) is 0 Å². The molecule has 0 aromatic rings. The molecule has 0 heterocycles. The fourth-order valence-electron chi connectivity index (χ4n) is 0.470. The third-order valence-corrected chi connectivity index (χ3v) is 0.891. The summed E-state index contributed by atoms with van der Waals surface area (Å²) in [7, 11) is 1.72. The fourth-order valence-corrected chi connectivity index (χ4v) is 0.470. The van der Waals surface area contributed by atoms with Gasteiger partial charge in [0.05, 0.1) is 0 Å². The molecule has 8 heavy (non-hydrogen) atoms. The number of rotatable bonds is 4. The van der Waals surface area contributed by atoms with E-state index >= 15 is 0 Å². The third-order valence-electron chi connectivity index (χ3n) is 0.891. The van der Waals surface area contributed by atoms with E-state index in [1.165, 1.54) is 0 Å². The first-order valence-corrected chi connectivity index (χ1v) is 3.05. The Morgan fingerprint density at radius 1 is 1.38 bits per heavy atom. The molecule has 0 spiro atoms. The maximum absolute atomic E-state index is 4.84. The van der Waals surface area contributed by atoms with Crippen LogP contribution in [0.5, 0.6) is 0 Å². The molecular weight excluding hydrogens is 100 g/mol. The van der Waals surface area contributed by atoms with Crippen molar-refractivity contribution in [3.8, 4) is 0 Å². The summed E-state index contributed by atoms with van der Waals surface area (Å²) in [6, 6.07) is 0. The third kappa shape index (κ3) is 5.70. The summed E-state index contributed by atoms with van der Waals surface area (Å²) in [4.78, 5) is 0. The Bertz CT molecular complexity index is 57.4. The van der Waals surface area contributed by atoms with Crippen molar-refractivity contribution in [3.05, 3.63) is 12.2 Å². The lowest BCUT2D eigenvalue weighted by atomic mass is 10.3. The van der Waals surface area contributed by atoms with Gasteiger partial charge in [0, 0.05) is 13.7 Å². The van der Waals surface area contributed by atoms with Crippen molar-refractivity contribution >= 4 is 0 Å².